The van der Waals surface area contributed by atoms with Gasteiger partial charge in [0.05, 0.1) is 6.61 Å². The van der Waals surface area contributed by atoms with Crippen molar-refractivity contribution in [3.05, 3.63) is 0 Å². The van der Waals surface area contributed by atoms with Crippen molar-refractivity contribution in [1.82, 2.24) is 9.80 Å². The van der Waals surface area contributed by atoms with E-state index in [1.165, 1.54) is 25.9 Å². The molecule has 3 N–H and O–H groups in total. The molecule has 1 saturated heterocycles. The topological polar surface area (TPSA) is 52.7 Å². The Balaban J connectivity index is 2.48. The number of hydrogen-bond acceptors (Lipinski definition) is 4. The lowest BCUT2D eigenvalue weighted by Gasteiger charge is -2.41. The summed E-state index contributed by atoms with van der Waals surface area (Å²) in [6.45, 7) is 7.96. The Hall–Kier alpha value is -0.160. The first-order valence-electron chi connectivity index (χ1n) is 6.94. The zero-order valence-electron chi connectivity index (χ0n) is 11.6. The molecule has 2 unspecified atom stereocenters. The summed E-state index contributed by atoms with van der Waals surface area (Å²) in [6, 6.07) is 0.764. The maximum absolute atomic E-state index is 9.49. The van der Waals surface area contributed by atoms with Crippen LogP contribution in [-0.4, -0.2) is 66.3 Å². The number of nitrogens with two attached hydrogens (primary N) is 1. The lowest BCUT2D eigenvalue weighted by atomic mass is 9.98. The minimum absolute atomic E-state index is 0.0780. The monoisotopic (exact) mass is 243 g/mol. The molecule has 1 rings (SSSR count). The van der Waals surface area contributed by atoms with Gasteiger partial charge in [0.25, 0.3) is 0 Å². The van der Waals surface area contributed by atoms with Crippen molar-refractivity contribution in [2.24, 2.45) is 5.73 Å². The molecule has 17 heavy (non-hydrogen) atoms. The molecule has 0 aromatic rings. The van der Waals surface area contributed by atoms with Crippen LogP contribution >= 0.6 is 0 Å². The highest BCUT2D eigenvalue weighted by molar-refractivity contribution is 4.86. The van der Waals surface area contributed by atoms with Crippen molar-refractivity contribution in [2.75, 3.05) is 33.3 Å². The third-order valence-electron chi connectivity index (χ3n) is 4.26. The number of likely N-dealkylation sites (tertiary alicyclic amines) is 1. The van der Waals surface area contributed by atoms with Crippen molar-refractivity contribution in [3.8, 4) is 0 Å². The standard InChI is InChI=1S/C13H29N3O/c1-4-12(14)13(10-17)15(3)11-6-8-16(5-2)9-7-11/h11-13,17H,4-10,14H2,1-3H3. The van der Waals surface area contributed by atoms with Gasteiger partial charge in [-0.2, -0.15) is 0 Å². The molecule has 0 bridgehead atoms. The van der Waals surface area contributed by atoms with E-state index < -0.39 is 0 Å². The molecule has 1 fully saturated rings. The molecule has 0 saturated carbocycles. The van der Waals surface area contributed by atoms with Crippen LogP contribution in [0.3, 0.4) is 0 Å². The fraction of sp³-hybridized carbons (Fsp3) is 1.00. The molecule has 0 aromatic heterocycles. The number of piperidine rings is 1. The van der Waals surface area contributed by atoms with E-state index in [0.717, 1.165) is 13.0 Å². The molecule has 1 heterocycles. The van der Waals surface area contributed by atoms with E-state index in [9.17, 15) is 5.11 Å². The van der Waals surface area contributed by atoms with Gasteiger partial charge in [-0.15, -0.1) is 0 Å². The first-order chi connectivity index (χ1) is 8.13. The van der Waals surface area contributed by atoms with Crippen LogP contribution in [-0.2, 0) is 0 Å². The zero-order valence-corrected chi connectivity index (χ0v) is 11.6. The lowest BCUT2D eigenvalue weighted by molar-refractivity contribution is 0.0557. The minimum Gasteiger partial charge on any atom is -0.395 e. The summed E-state index contributed by atoms with van der Waals surface area (Å²) in [4.78, 5) is 4.79. The lowest BCUT2D eigenvalue weighted by Crippen LogP contribution is -2.54. The van der Waals surface area contributed by atoms with E-state index >= 15 is 0 Å². The van der Waals surface area contributed by atoms with Crippen molar-refractivity contribution >= 4 is 0 Å². The normalized spacial score (nSPS) is 22.9. The second kappa shape index (κ2) is 7.31. The van der Waals surface area contributed by atoms with Crippen molar-refractivity contribution in [3.63, 3.8) is 0 Å². The first-order valence-corrected chi connectivity index (χ1v) is 6.94. The van der Waals surface area contributed by atoms with Crippen LogP contribution in [0.2, 0.25) is 0 Å². The summed E-state index contributed by atoms with van der Waals surface area (Å²) in [7, 11) is 2.11. The molecule has 0 spiro atoms. The Bertz CT molecular complexity index is 205. The number of hydrogen-bond donors (Lipinski definition) is 2. The maximum atomic E-state index is 9.49. The van der Waals surface area contributed by atoms with Crippen LogP contribution < -0.4 is 5.73 Å². The second-order valence-corrected chi connectivity index (χ2v) is 5.15. The average molecular weight is 243 g/mol. The quantitative estimate of drug-likeness (QED) is 0.713. The van der Waals surface area contributed by atoms with E-state index in [1.54, 1.807) is 0 Å². The molecular formula is C13H29N3O. The van der Waals surface area contributed by atoms with Crippen LogP contribution in [0.15, 0.2) is 0 Å². The van der Waals surface area contributed by atoms with Crippen LogP contribution in [0.5, 0.6) is 0 Å². The summed E-state index contributed by atoms with van der Waals surface area (Å²) in [5.41, 5.74) is 6.08. The van der Waals surface area contributed by atoms with Crippen LogP contribution in [0.4, 0.5) is 0 Å². The zero-order chi connectivity index (χ0) is 12.8. The number of nitrogens with zero attached hydrogens (tertiary/aromatic N) is 2. The van der Waals surface area contributed by atoms with E-state index in [-0.39, 0.29) is 18.7 Å². The van der Waals surface area contributed by atoms with E-state index in [0.29, 0.717) is 6.04 Å². The van der Waals surface area contributed by atoms with Gasteiger partial charge in [0.15, 0.2) is 0 Å². The van der Waals surface area contributed by atoms with E-state index in [2.05, 4.69) is 30.7 Å². The Morgan fingerprint density at radius 1 is 1.35 bits per heavy atom. The molecule has 0 amide bonds. The summed E-state index contributed by atoms with van der Waals surface area (Å²) < 4.78 is 0. The van der Waals surface area contributed by atoms with Gasteiger partial charge in [-0.25, -0.2) is 0 Å². The first kappa shape index (κ1) is 14.9. The molecule has 102 valence electrons. The maximum Gasteiger partial charge on any atom is 0.0601 e. The van der Waals surface area contributed by atoms with Crippen molar-refractivity contribution < 1.29 is 5.11 Å². The van der Waals surface area contributed by atoms with E-state index in [1.807, 2.05) is 0 Å². The van der Waals surface area contributed by atoms with Gasteiger partial charge in [0.1, 0.15) is 0 Å². The summed E-state index contributed by atoms with van der Waals surface area (Å²) in [6.07, 6.45) is 3.30. The molecule has 2 atom stereocenters. The number of likely N-dealkylation sites (N-methyl/N-ethyl adjacent to an activating group) is 1. The second-order valence-electron chi connectivity index (χ2n) is 5.15. The predicted molar refractivity (Wildman–Crippen MR) is 72.0 cm³/mol. The number of aliphatic hydroxyl groups is 1. The molecule has 1 aliphatic heterocycles. The molecule has 4 nitrogen and oxygen atoms in total. The van der Waals surface area contributed by atoms with Gasteiger partial charge in [-0.1, -0.05) is 13.8 Å². The van der Waals surface area contributed by atoms with Gasteiger partial charge in [0.2, 0.25) is 0 Å². The van der Waals surface area contributed by atoms with Gasteiger partial charge in [-0.05, 0) is 45.9 Å². The van der Waals surface area contributed by atoms with Crippen LogP contribution in [0, 0.1) is 0 Å². The fourth-order valence-corrected chi connectivity index (χ4v) is 2.75. The average Bonchev–Trinajstić information content (AvgIpc) is 2.39. The molecular weight excluding hydrogens is 214 g/mol. The number of rotatable bonds is 6. The molecule has 0 radical (unpaired) electrons. The third-order valence-corrected chi connectivity index (χ3v) is 4.26. The summed E-state index contributed by atoms with van der Waals surface area (Å²) in [5.74, 6) is 0. The Morgan fingerprint density at radius 3 is 2.35 bits per heavy atom. The molecule has 1 aliphatic rings. The highest BCUT2D eigenvalue weighted by Gasteiger charge is 2.28. The SMILES string of the molecule is CCC(N)C(CO)N(C)C1CCN(CC)CC1. The molecule has 4 heteroatoms. The number of aliphatic hydroxyl groups excluding tert-OH is 1. The van der Waals surface area contributed by atoms with Crippen LogP contribution in [0.1, 0.15) is 33.1 Å². The molecule has 0 aliphatic carbocycles. The predicted octanol–water partition coefficient (Wildman–Crippen LogP) is 0.501. The van der Waals surface area contributed by atoms with Crippen LogP contribution in [0.25, 0.3) is 0 Å². The van der Waals surface area contributed by atoms with Gasteiger partial charge in [-0.3, -0.25) is 4.90 Å². The van der Waals surface area contributed by atoms with E-state index in [4.69, 9.17) is 5.73 Å². The summed E-state index contributed by atoms with van der Waals surface area (Å²) in [5, 5.41) is 9.49. The van der Waals surface area contributed by atoms with Gasteiger partial charge >= 0.3 is 0 Å². The largest absolute Gasteiger partial charge is 0.395 e. The van der Waals surface area contributed by atoms with Gasteiger partial charge in [0, 0.05) is 18.1 Å². The van der Waals surface area contributed by atoms with Crippen molar-refractivity contribution in [2.45, 2.75) is 51.2 Å². The smallest absolute Gasteiger partial charge is 0.0601 e. The Kier molecular flexibility index (Phi) is 6.41. The highest BCUT2D eigenvalue weighted by atomic mass is 16.3. The minimum atomic E-state index is 0.0780. The Morgan fingerprint density at radius 2 is 1.94 bits per heavy atom. The fourth-order valence-electron chi connectivity index (χ4n) is 2.75. The Labute approximate surface area is 106 Å². The van der Waals surface area contributed by atoms with Gasteiger partial charge < -0.3 is 15.7 Å². The third kappa shape index (κ3) is 3.91. The molecule has 0 aromatic carbocycles. The summed E-state index contributed by atoms with van der Waals surface area (Å²) >= 11 is 0. The van der Waals surface area contributed by atoms with Crippen molar-refractivity contribution in [1.29, 1.82) is 0 Å². The highest BCUT2D eigenvalue weighted by Crippen LogP contribution is 2.18.